The van der Waals surface area contributed by atoms with E-state index in [1.54, 1.807) is 20.8 Å². The molecule has 1 aromatic carbocycles. The molecule has 0 spiro atoms. The lowest BCUT2D eigenvalue weighted by Crippen LogP contribution is -2.50. The van der Waals surface area contributed by atoms with Crippen LogP contribution in [0.3, 0.4) is 0 Å². The number of hydrogen-bond acceptors (Lipinski definition) is 3. The fourth-order valence-electron chi connectivity index (χ4n) is 3.30. The first-order valence-electron chi connectivity index (χ1n) is 9.33. The van der Waals surface area contributed by atoms with Gasteiger partial charge in [-0.05, 0) is 52.7 Å². The van der Waals surface area contributed by atoms with Crippen molar-refractivity contribution >= 4 is 17.0 Å². The van der Waals surface area contributed by atoms with E-state index in [9.17, 15) is 31.0 Å². The fraction of sp³-hybridized carbons (Fsp3) is 0.650. The Balaban J connectivity index is 2.65. The lowest BCUT2D eigenvalue weighted by Gasteiger charge is -2.38. The molecule has 1 aromatic rings. The van der Waals surface area contributed by atoms with Crippen LogP contribution in [-0.2, 0) is 20.5 Å². The van der Waals surface area contributed by atoms with E-state index in [0.29, 0.717) is 4.31 Å². The van der Waals surface area contributed by atoms with Gasteiger partial charge in [0.25, 0.3) is 0 Å². The molecule has 0 bridgehead atoms. The number of ether oxygens (including phenoxy) is 1. The van der Waals surface area contributed by atoms with Crippen molar-refractivity contribution in [1.82, 2.24) is 4.31 Å². The monoisotopic (exact) mass is 455 g/mol. The molecule has 0 saturated carbocycles. The Hall–Kier alpha value is -1.55. The molecule has 1 aliphatic rings. The summed E-state index contributed by atoms with van der Waals surface area (Å²) in [5, 5.41) is 0. The molecule has 0 saturated heterocycles. The number of alkyl halides is 5. The summed E-state index contributed by atoms with van der Waals surface area (Å²) in [6.45, 7) is 9.25. The average Bonchev–Trinajstić information content (AvgIpc) is 2.85. The Labute approximate surface area is 175 Å². The van der Waals surface area contributed by atoms with Gasteiger partial charge in [0.1, 0.15) is 22.6 Å². The zero-order valence-electron chi connectivity index (χ0n) is 17.6. The molecule has 0 fully saturated rings. The van der Waals surface area contributed by atoms with Crippen molar-refractivity contribution in [2.75, 3.05) is 0 Å². The Bertz CT molecular complexity index is 827. The number of rotatable bonds is 4. The number of halogens is 5. The molecule has 4 nitrogen and oxygen atoms in total. The molecular formula is C20H26F5NO3S. The molecule has 1 aliphatic heterocycles. The summed E-state index contributed by atoms with van der Waals surface area (Å²) in [6.07, 6.45) is -6.38. The van der Waals surface area contributed by atoms with E-state index in [0.717, 1.165) is 6.07 Å². The number of fused-ring (bicyclic) bond motifs is 1. The quantitative estimate of drug-likeness (QED) is 0.446. The Kier molecular flexibility index (Phi) is 6.47. The van der Waals surface area contributed by atoms with Crippen LogP contribution < -0.4 is 0 Å². The van der Waals surface area contributed by atoms with Crippen LogP contribution >= 0.6 is 0 Å². The molecule has 30 heavy (non-hydrogen) atoms. The zero-order valence-corrected chi connectivity index (χ0v) is 18.5. The first-order chi connectivity index (χ1) is 13.4. The average molecular weight is 455 g/mol. The van der Waals surface area contributed by atoms with Crippen LogP contribution in [0.1, 0.15) is 71.2 Å². The van der Waals surface area contributed by atoms with Crippen molar-refractivity contribution in [1.29, 1.82) is 0 Å². The molecule has 3 atom stereocenters. The van der Waals surface area contributed by atoms with Crippen molar-refractivity contribution in [2.24, 2.45) is 0 Å². The normalized spacial score (nSPS) is 22.0. The summed E-state index contributed by atoms with van der Waals surface area (Å²) in [6, 6.07) is 1.57. The number of hydrogen-bond donors (Lipinski definition) is 0. The van der Waals surface area contributed by atoms with Gasteiger partial charge < -0.3 is 4.74 Å². The number of carbonyl (C=O) groups is 1. The van der Waals surface area contributed by atoms with Crippen molar-refractivity contribution in [2.45, 2.75) is 82.5 Å². The largest absolute Gasteiger partial charge is 0.460 e. The molecule has 0 radical (unpaired) electrons. The van der Waals surface area contributed by atoms with E-state index in [4.69, 9.17) is 4.74 Å². The second kappa shape index (κ2) is 7.85. The van der Waals surface area contributed by atoms with Crippen molar-refractivity contribution in [3.8, 4) is 0 Å². The molecule has 10 heteroatoms. The summed E-state index contributed by atoms with van der Waals surface area (Å²) >= 11 is 0. The van der Waals surface area contributed by atoms with Gasteiger partial charge in [-0.3, -0.25) is 4.79 Å². The van der Waals surface area contributed by atoms with Gasteiger partial charge in [0, 0.05) is 0 Å². The third kappa shape index (κ3) is 4.85. The summed E-state index contributed by atoms with van der Waals surface area (Å²) in [5.41, 5.74) is -1.07. The van der Waals surface area contributed by atoms with Crippen LogP contribution in [0.15, 0.2) is 24.3 Å². The third-order valence-electron chi connectivity index (χ3n) is 4.43. The highest BCUT2D eigenvalue weighted by Gasteiger charge is 2.68. The third-order valence-corrected chi connectivity index (χ3v) is 6.32. The Morgan fingerprint density at radius 3 is 1.93 bits per heavy atom. The minimum absolute atomic E-state index is 0.106. The highest BCUT2D eigenvalue weighted by atomic mass is 32.2. The van der Waals surface area contributed by atoms with Gasteiger partial charge in [-0.1, -0.05) is 24.3 Å². The second-order valence-electron chi connectivity index (χ2n) is 9.18. The predicted molar refractivity (Wildman–Crippen MR) is 103 cm³/mol. The molecule has 0 aromatic heterocycles. The number of benzene rings is 1. The van der Waals surface area contributed by atoms with Crippen LogP contribution in [0.2, 0.25) is 0 Å². The van der Waals surface area contributed by atoms with Crippen molar-refractivity contribution < 1.29 is 35.7 Å². The number of esters is 1. The van der Waals surface area contributed by atoms with E-state index < -0.39 is 57.9 Å². The van der Waals surface area contributed by atoms with Gasteiger partial charge in [0.15, 0.2) is 0 Å². The highest BCUT2D eigenvalue weighted by Crippen LogP contribution is 2.56. The summed E-state index contributed by atoms with van der Waals surface area (Å²) < 4.78 is 87.3. The van der Waals surface area contributed by atoms with Gasteiger partial charge in [-0.2, -0.15) is 22.0 Å². The van der Waals surface area contributed by atoms with E-state index in [1.165, 1.54) is 39.0 Å². The number of nitrogens with zero attached hydrogens (tertiary/aromatic N) is 1. The van der Waals surface area contributed by atoms with E-state index in [1.807, 2.05) is 0 Å². The second-order valence-corrected chi connectivity index (χ2v) is 11.3. The van der Waals surface area contributed by atoms with Gasteiger partial charge in [-0.25, -0.2) is 8.51 Å². The summed E-state index contributed by atoms with van der Waals surface area (Å²) in [4.78, 5) is 12.4. The van der Waals surface area contributed by atoms with Crippen LogP contribution in [0.5, 0.6) is 0 Å². The minimum atomic E-state index is -5.87. The van der Waals surface area contributed by atoms with Crippen molar-refractivity contribution in [3.63, 3.8) is 0 Å². The topological polar surface area (TPSA) is 46.6 Å². The molecule has 0 N–H and O–H groups in total. The lowest BCUT2D eigenvalue weighted by molar-refractivity contribution is -0.300. The fourth-order valence-corrected chi connectivity index (χ4v) is 4.79. The maximum atomic E-state index is 14.7. The molecule has 1 heterocycles. The predicted octanol–water partition coefficient (Wildman–Crippen LogP) is 5.48. The van der Waals surface area contributed by atoms with Crippen LogP contribution in [0, 0.1) is 0 Å². The SMILES string of the molecule is CC(C)(C)OC(=O)C[C@H]1c2ccccc2[C@@H](C(F)(F)C(F)(F)F)N1[S@](=O)C(C)(C)C. The minimum Gasteiger partial charge on any atom is -0.460 e. The van der Waals surface area contributed by atoms with Gasteiger partial charge in [-0.15, -0.1) is 0 Å². The van der Waals surface area contributed by atoms with Crippen LogP contribution in [0.4, 0.5) is 22.0 Å². The maximum absolute atomic E-state index is 14.7. The standard InChI is InChI=1S/C20H26F5NO3S/c1-17(2,3)29-15(27)11-14-12-9-7-8-10-13(12)16(19(21,22)20(23,24)25)26(14)30(28)18(4,5)6/h7-10,14,16H,11H2,1-6H3/t14-,16-,30+/m0/s1. The molecule has 0 aliphatic carbocycles. The zero-order chi connectivity index (χ0) is 23.3. The Morgan fingerprint density at radius 1 is 1.00 bits per heavy atom. The van der Waals surface area contributed by atoms with Crippen LogP contribution in [0.25, 0.3) is 0 Å². The van der Waals surface area contributed by atoms with Gasteiger partial charge in [0.05, 0.1) is 17.2 Å². The maximum Gasteiger partial charge on any atom is 0.455 e. The first-order valence-corrected chi connectivity index (χ1v) is 10.4. The number of carbonyl (C=O) groups excluding carboxylic acids is 1. The molecular weight excluding hydrogens is 429 g/mol. The highest BCUT2D eigenvalue weighted by molar-refractivity contribution is 7.84. The molecule has 0 amide bonds. The van der Waals surface area contributed by atoms with E-state index in [-0.39, 0.29) is 11.1 Å². The Morgan fingerprint density at radius 2 is 1.50 bits per heavy atom. The van der Waals surface area contributed by atoms with Gasteiger partial charge >= 0.3 is 18.1 Å². The molecule has 0 unspecified atom stereocenters. The lowest BCUT2D eigenvalue weighted by atomic mass is 9.97. The van der Waals surface area contributed by atoms with E-state index in [2.05, 4.69) is 0 Å². The first kappa shape index (κ1) is 24.7. The van der Waals surface area contributed by atoms with Crippen molar-refractivity contribution in [3.05, 3.63) is 35.4 Å². The summed E-state index contributed by atoms with van der Waals surface area (Å²) in [7, 11) is -2.27. The molecule has 170 valence electrons. The molecule has 2 rings (SSSR count). The van der Waals surface area contributed by atoms with Crippen LogP contribution in [-0.4, -0.2) is 36.9 Å². The smallest absolute Gasteiger partial charge is 0.455 e. The summed E-state index contributed by atoms with van der Waals surface area (Å²) in [5.74, 6) is -5.97. The van der Waals surface area contributed by atoms with Gasteiger partial charge in [0.2, 0.25) is 0 Å². The van der Waals surface area contributed by atoms with E-state index >= 15 is 0 Å².